The number of hydrogen-bond acceptors (Lipinski definition) is 3. The Hall–Kier alpha value is -1.72. The fourth-order valence-electron chi connectivity index (χ4n) is 2.50. The molecule has 2 aromatic rings. The Morgan fingerprint density at radius 3 is 2.67 bits per heavy atom. The third-order valence-electron chi connectivity index (χ3n) is 3.69. The number of benzene rings is 1. The summed E-state index contributed by atoms with van der Waals surface area (Å²) < 4.78 is 15.7. The summed E-state index contributed by atoms with van der Waals surface area (Å²) >= 11 is 0. The van der Waals surface area contributed by atoms with E-state index in [-0.39, 0.29) is 11.9 Å². The summed E-state index contributed by atoms with van der Waals surface area (Å²) in [5.74, 6) is 5.46. The molecule has 1 atom stereocenters. The molecule has 0 radical (unpaired) electrons. The molecule has 21 heavy (non-hydrogen) atoms. The first-order valence-electron chi connectivity index (χ1n) is 7.43. The van der Waals surface area contributed by atoms with Crippen LogP contribution in [0.25, 0.3) is 0 Å². The monoisotopic (exact) mass is 290 g/mol. The first kappa shape index (κ1) is 15.7. The first-order valence-corrected chi connectivity index (χ1v) is 7.43. The van der Waals surface area contributed by atoms with E-state index in [0.29, 0.717) is 12.0 Å². The summed E-state index contributed by atoms with van der Waals surface area (Å²) in [5, 5.41) is 4.53. The van der Waals surface area contributed by atoms with Gasteiger partial charge in [0.25, 0.3) is 0 Å². The Morgan fingerprint density at radius 1 is 1.29 bits per heavy atom. The molecule has 0 spiro atoms. The van der Waals surface area contributed by atoms with Crippen molar-refractivity contribution in [3.05, 3.63) is 53.1 Å². The molecule has 2 rings (SSSR count). The van der Waals surface area contributed by atoms with E-state index in [0.717, 1.165) is 30.8 Å². The molecule has 1 aromatic heterocycles. The highest BCUT2D eigenvalue weighted by Gasteiger charge is 2.15. The van der Waals surface area contributed by atoms with Crippen molar-refractivity contribution in [2.45, 2.75) is 45.7 Å². The van der Waals surface area contributed by atoms with Gasteiger partial charge in [0.05, 0.1) is 5.69 Å². The summed E-state index contributed by atoms with van der Waals surface area (Å²) in [6.45, 7) is 4.98. The molecule has 114 valence electrons. The molecule has 4 nitrogen and oxygen atoms in total. The number of rotatable bonds is 7. The van der Waals surface area contributed by atoms with Gasteiger partial charge in [0, 0.05) is 24.7 Å². The van der Waals surface area contributed by atoms with Crippen molar-refractivity contribution < 1.29 is 4.39 Å². The Labute approximate surface area is 125 Å². The maximum absolute atomic E-state index is 13.7. The molecule has 0 amide bonds. The van der Waals surface area contributed by atoms with Crippen LogP contribution in [0.4, 0.5) is 4.39 Å². The van der Waals surface area contributed by atoms with Crippen molar-refractivity contribution in [3.8, 4) is 0 Å². The average molecular weight is 290 g/mol. The Morgan fingerprint density at radius 2 is 2.05 bits per heavy atom. The second-order valence-electron chi connectivity index (χ2n) is 5.16. The fourth-order valence-corrected chi connectivity index (χ4v) is 2.50. The number of halogens is 1. The fraction of sp³-hybridized carbons (Fsp3) is 0.438. The molecule has 0 aliphatic heterocycles. The summed E-state index contributed by atoms with van der Waals surface area (Å²) in [4.78, 5) is 0. The average Bonchev–Trinajstić information content (AvgIpc) is 2.90. The predicted molar refractivity (Wildman–Crippen MR) is 82.2 cm³/mol. The van der Waals surface area contributed by atoms with Crippen LogP contribution in [0.3, 0.4) is 0 Å². The van der Waals surface area contributed by atoms with Crippen LogP contribution in [0, 0.1) is 5.82 Å². The van der Waals surface area contributed by atoms with E-state index in [1.165, 1.54) is 6.07 Å². The van der Waals surface area contributed by atoms with Crippen molar-refractivity contribution in [2.24, 2.45) is 5.84 Å². The maximum Gasteiger partial charge on any atom is 0.126 e. The second-order valence-corrected chi connectivity index (χ2v) is 5.16. The Kier molecular flexibility index (Phi) is 5.47. The lowest BCUT2D eigenvalue weighted by atomic mass is 10.0. The number of nitrogens with two attached hydrogens (primary N) is 1. The van der Waals surface area contributed by atoms with Gasteiger partial charge in [-0.3, -0.25) is 16.0 Å². The third kappa shape index (κ3) is 3.89. The molecule has 0 saturated heterocycles. The predicted octanol–water partition coefficient (Wildman–Crippen LogP) is 2.22. The van der Waals surface area contributed by atoms with Crippen LogP contribution in [0.2, 0.25) is 0 Å². The SMILES string of the molecule is CCc1cc(CC(Cc2ccccc2F)NN)n(CC)n1. The molecule has 0 bridgehead atoms. The minimum absolute atomic E-state index is 0.0198. The van der Waals surface area contributed by atoms with Crippen LogP contribution in [0.15, 0.2) is 30.3 Å². The Balaban J connectivity index is 2.12. The zero-order chi connectivity index (χ0) is 15.2. The molecule has 1 unspecified atom stereocenters. The van der Waals surface area contributed by atoms with Crippen LogP contribution >= 0.6 is 0 Å². The molecule has 1 heterocycles. The lowest BCUT2D eigenvalue weighted by Crippen LogP contribution is -2.39. The largest absolute Gasteiger partial charge is 0.271 e. The van der Waals surface area contributed by atoms with Gasteiger partial charge in [-0.2, -0.15) is 5.10 Å². The van der Waals surface area contributed by atoms with E-state index in [1.54, 1.807) is 12.1 Å². The van der Waals surface area contributed by atoms with Gasteiger partial charge in [0.15, 0.2) is 0 Å². The standard InChI is InChI=1S/C16H23FN4/c1-3-13-10-15(21(4-2)20-13)11-14(19-18)9-12-7-5-6-8-16(12)17/h5-8,10,14,19H,3-4,9,11,18H2,1-2H3. The molecule has 1 aromatic carbocycles. The smallest absolute Gasteiger partial charge is 0.126 e. The van der Waals surface area contributed by atoms with Gasteiger partial charge in [-0.25, -0.2) is 4.39 Å². The second kappa shape index (κ2) is 7.33. The zero-order valence-corrected chi connectivity index (χ0v) is 12.6. The van der Waals surface area contributed by atoms with Crippen molar-refractivity contribution in [1.82, 2.24) is 15.2 Å². The molecule has 0 aliphatic carbocycles. The summed E-state index contributed by atoms with van der Waals surface area (Å²) in [7, 11) is 0. The third-order valence-corrected chi connectivity index (χ3v) is 3.69. The van der Waals surface area contributed by atoms with Gasteiger partial charge in [0.1, 0.15) is 5.82 Å². The molecule has 0 aliphatic rings. The van der Waals surface area contributed by atoms with Crippen LogP contribution in [0.1, 0.15) is 30.8 Å². The summed E-state index contributed by atoms with van der Waals surface area (Å²) in [6, 6.07) is 8.91. The lowest BCUT2D eigenvalue weighted by Gasteiger charge is -2.17. The van der Waals surface area contributed by atoms with Gasteiger partial charge in [0.2, 0.25) is 0 Å². The van der Waals surface area contributed by atoms with Gasteiger partial charge in [-0.15, -0.1) is 0 Å². The summed E-state index contributed by atoms with van der Waals surface area (Å²) in [5.41, 5.74) is 5.69. The number of aromatic nitrogens is 2. The van der Waals surface area contributed by atoms with Gasteiger partial charge >= 0.3 is 0 Å². The van der Waals surface area contributed by atoms with Crippen molar-refractivity contribution in [2.75, 3.05) is 0 Å². The molecule has 5 heteroatoms. The molecular weight excluding hydrogens is 267 g/mol. The van der Waals surface area contributed by atoms with Gasteiger partial charge in [-0.1, -0.05) is 25.1 Å². The highest BCUT2D eigenvalue weighted by molar-refractivity contribution is 5.19. The van der Waals surface area contributed by atoms with Crippen LogP contribution < -0.4 is 11.3 Å². The van der Waals surface area contributed by atoms with Crippen molar-refractivity contribution >= 4 is 0 Å². The highest BCUT2D eigenvalue weighted by atomic mass is 19.1. The number of nitrogens with one attached hydrogen (secondary N) is 1. The molecule has 0 fully saturated rings. The minimum atomic E-state index is -0.184. The molecule has 3 N–H and O–H groups in total. The summed E-state index contributed by atoms with van der Waals surface area (Å²) in [6.07, 6.45) is 2.19. The van der Waals surface area contributed by atoms with Crippen molar-refractivity contribution in [1.29, 1.82) is 0 Å². The van der Waals surface area contributed by atoms with E-state index in [1.807, 2.05) is 10.7 Å². The molecule has 0 saturated carbocycles. The maximum atomic E-state index is 13.7. The van der Waals surface area contributed by atoms with E-state index in [9.17, 15) is 4.39 Å². The number of hydrogen-bond donors (Lipinski definition) is 2. The minimum Gasteiger partial charge on any atom is -0.271 e. The van der Waals surface area contributed by atoms with E-state index < -0.39 is 0 Å². The van der Waals surface area contributed by atoms with Crippen LogP contribution in [0.5, 0.6) is 0 Å². The van der Waals surface area contributed by atoms with Crippen LogP contribution in [-0.2, 0) is 25.8 Å². The first-order chi connectivity index (χ1) is 10.2. The number of hydrazine groups is 1. The van der Waals surface area contributed by atoms with Crippen LogP contribution in [-0.4, -0.2) is 15.8 Å². The van der Waals surface area contributed by atoms with E-state index >= 15 is 0 Å². The topological polar surface area (TPSA) is 55.9 Å². The van der Waals surface area contributed by atoms with E-state index in [4.69, 9.17) is 5.84 Å². The highest BCUT2D eigenvalue weighted by Crippen LogP contribution is 2.13. The Bertz CT molecular complexity index is 579. The van der Waals surface area contributed by atoms with Crippen molar-refractivity contribution in [3.63, 3.8) is 0 Å². The lowest BCUT2D eigenvalue weighted by molar-refractivity contribution is 0.485. The van der Waals surface area contributed by atoms with Gasteiger partial charge < -0.3 is 0 Å². The number of nitrogens with zero attached hydrogens (tertiary/aromatic N) is 2. The molecular formula is C16H23FN4. The zero-order valence-electron chi connectivity index (χ0n) is 12.6. The quantitative estimate of drug-likeness (QED) is 0.607. The van der Waals surface area contributed by atoms with E-state index in [2.05, 4.69) is 30.4 Å². The number of aryl methyl sites for hydroxylation is 2. The normalized spacial score (nSPS) is 12.6. The van der Waals surface area contributed by atoms with Gasteiger partial charge in [-0.05, 0) is 37.5 Å².